The van der Waals surface area contributed by atoms with Gasteiger partial charge in [-0.1, -0.05) is 51.2 Å². The van der Waals surface area contributed by atoms with E-state index in [0.717, 1.165) is 18.4 Å². The van der Waals surface area contributed by atoms with Crippen molar-refractivity contribution in [3.05, 3.63) is 47.1 Å². The van der Waals surface area contributed by atoms with Crippen LogP contribution in [-0.2, 0) is 23.7 Å². The summed E-state index contributed by atoms with van der Waals surface area (Å²) in [6, 6.07) is 0. The summed E-state index contributed by atoms with van der Waals surface area (Å²) in [6.07, 6.45) is 9.31. The lowest BCUT2D eigenvalue weighted by molar-refractivity contribution is -0.337. The van der Waals surface area contributed by atoms with Crippen LogP contribution in [-0.4, -0.2) is 75.9 Å². The van der Waals surface area contributed by atoms with Gasteiger partial charge in [-0.3, -0.25) is 4.79 Å². The highest BCUT2D eigenvalue weighted by Gasteiger charge is 2.60. The Morgan fingerprint density at radius 1 is 1.05 bits per heavy atom. The topological polar surface area (TPSA) is 115 Å². The predicted molar refractivity (Wildman–Crippen MR) is 149 cm³/mol. The van der Waals surface area contributed by atoms with Gasteiger partial charge in [0.2, 0.25) is 0 Å². The highest BCUT2D eigenvalue weighted by molar-refractivity contribution is 5.78. The van der Waals surface area contributed by atoms with E-state index in [1.807, 2.05) is 32.1 Å². The van der Waals surface area contributed by atoms with Crippen LogP contribution < -0.4 is 0 Å². The molecule has 3 N–H and O–H groups in total. The normalized spacial score (nSPS) is 49.6. The molecule has 1 spiro atoms. The summed E-state index contributed by atoms with van der Waals surface area (Å²) in [5, 5.41) is 34.0. The van der Waals surface area contributed by atoms with Crippen LogP contribution in [0.5, 0.6) is 0 Å². The maximum atomic E-state index is 13.9. The fraction of sp³-hybridized carbons (Fsp3) is 0.719. The molecule has 0 amide bonds. The van der Waals surface area contributed by atoms with Gasteiger partial charge in [-0.2, -0.15) is 0 Å². The van der Waals surface area contributed by atoms with Crippen molar-refractivity contribution in [3.8, 4) is 0 Å². The average molecular weight is 559 g/mol. The van der Waals surface area contributed by atoms with Crippen LogP contribution in [0, 0.1) is 17.8 Å². The number of hydrogen-bond acceptors (Lipinski definition) is 8. The molecule has 0 aromatic rings. The number of fused-ring (bicyclic) bond motifs is 2. The van der Waals surface area contributed by atoms with E-state index in [4.69, 9.17) is 18.9 Å². The number of aliphatic hydroxyl groups is 3. The monoisotopic (exact) mass is 558 g/mol. The third-order valence-electron chi connectivity index (χ3n) is 9.64. The first-order chi connectivity index (χ1) is 19.0. The molecule has 3 fully saturated rings. The molecule has 0 aromatic heterocycles. The largest absolute Gasteiger partial charge is 0.462 e. The first kappa shape index (κ1) is 29.7. The molecular weight excluding hydrogens is 512 g/mol. The van der Waals surface area contributed by atoms with Crippen molar-refractivity contribution in [2.45, 2.75) is 121 Å². The van der Waals surface area contributed by atoms with Gasteiger partial charge in [0.25, 0.3) is 0 Å². The molecule has 0 radical (unpaired) electrons. The number of hydrogen-bond donors (Lipinski definition) is 3. The highest BCUT2D eigenvalue weighted by Crippen LogP contribution is 2.47. The second kappa shape index (κ2) is 11.5. The first-order valence-corrected chi connectivity index (χ1v) is 15.0. The molecule has 40 heavy (non-hydrogen) atoms. The molecule has 222 valence electrons. The lowest BCUT2D eigenvalue weighted by atomic mass is 9.71. The first-order valence-electron chi connectivity index (χ1n) is 15.0. The van der Waals surface area contributed by atoms with E-state index in [1.54, 1.807) is 19.1 Å². The number of carbonyl (C=O) groups excluding carboxylic acids is 1. The van der Waals surface area contributed by atoms with Crippen LogP contribution in [0.4, 0.5) is 0 Å². The minimum absolute atomic E-state index is 0.0202. The SMILES string of the molecule is CC[C@H]1O[C@]2(CC[C@@H]1C)C[C@@H]1C[C@@H](C[C@H](O)/C(C)=C/[C@@H](C)/C=C/C=C3\CO[C@@H]4[C@H](O)C(C)=C[C@@H](C(=O)O1)[C@]34O)O2. The van der Waals surface area contributed by atoms with Crippen molar-refractivity contribution in [2.24, 2.45) is 17.8 Å². The molecule has 8 heteroatoms. The summed E-state index contributed by atoms with van der Waals surface area (Å²) in [7, 11) is 0. The van der Waals surface area contributed by atoms with E-state index in [2.05, 4.69) is 13.8 Å². The van der Waals surface area contributed by atoms with E-state index in [9.17, 15) is 20.1 Å². The summed E-state index contributed by atoms with van der Waals surface area (Å²) < 4.78 is 25.3. The van der Waals surface area contributed by atoms with Crippen LogP contribution in [0.1, 0.15) is 73.1 Å². The third kappa shape index (κ3) is 5.51. The van der Waals surface area contributed by atoms with Crippen molar-refractivity contribution in [1.29, 1.82) is 0 Å². The van der Waals surface area contributed by atoms with E-state index in [-0.39, 0.29) is 24.7 Å². The zero-order valence-corrected chi connectivity index (χ0v) is 24.4. The van der Waals surface area contributed by atoms with Crippen molar-refractivity contribution in [3.63, 3.8) is 0 Å². The van der Waals surface area contributed by atoms with Crippen molar-refractivity contribution in [1.82, 2.24) is 0 Å². The van der Waals surface area contributed by atoms with E-state index < -0.39 is 47.7 Å². The lowest BCUT2D eigenvalue weighted by Gasteiger charge is -2.50. The van der Waals surface area contributed by atoms with Crippen molar-refractivity contribution >= 4 is 5.97 Å². The van der Waals surface area contributed by atoms with Gasteiger partial charge >= 0.3 is 5.97 Å². The highest BCUT2D eigenvalue weighted by atomic mass is 16.7. The van der Waals surface area contributed by atoms with Gasteiger partial charge in [0.15, 0.2) is 5.79 Å². The predicted octanol–water partition coefficient (Wildman–Crippen LogP) is 3.90. The Balaban J connectivity index is 1.53. The quantitative estimate of drug-likeness (QED) is 0.328. The summed E-state index contributed by atoms with van der Waals surface area (Å²) in [5.41, 5.74) is 0.207. The van der Waals surface area contributed by atoms with E-state index in [0.29, 0.717) is 42.7 Å². The zero-order valence-electron chi connectivity index (χ0n) is 24.4. The molecule has 4 heterocycles. The molecule has 8 nitrogen and oxygen atoms in total. The molecule has 2 bridgehead atoms. The molecule has 1 aliphatic carbocycles. The third-order valence-corrected chi connectivity index (χ3v) is 9.64. The number of carbonyl (C=O) groups is 1. The minimum atomic E-state index is -1.73. The van der Waals surface area contributed by atoms with Gasteiger partial charge < -0.3 is 34.3 Å². The van der Waals surface area contributed by atoms with E-state index >= 15 is 0 Å². The van der Waals surface area contributed by atoms with Crippen molar-refractivity contribution < 1.29 is 39.1 Å². The van der Waals surface area contributed by atoms with Crippen LogP contribution in [0.15, 0.2) is 47.1 Å². The Bertz CT molecular complexity index is 1090. The average Bonchev–Trinajstić information content (AvgIpc) is 3.24. The molecular formula is C32H46O8. The van der Waals surface area contributed by atoms with Crippen LogP contribution >= 0.6 is 0 Å². The molecule has 0 unspecified atom stereocenters. The second-order valence-electron chi connectivity index (χ2n) is 12.7. The summed E-state index contributed by atoms with van der Waals surface area (Å²) in [6.45, 7) is 10.1. The molecule has 4 aliphatic heterocycles. The summed E-state index contributed by atoms with van der Waals surface area (Å²) in [4.78, 5) is 13.9. The van der Waals surface area contributed by atoms with Gasteiger partial charge in [-0.05, 0) is 55.2 Å². The lowest BCUT2D eigenvalue weighted by Crippen LogP contribution is -2.58. The summed E-state index contributed by atoms with van der Waals surface area (Å²) >= 11 is 0. The number of allylic oxidation sites excluding steroid dienone is 4. The standard InChI is InChI=1S/C32H46O8/c1-6-27-19(3)10-11-31(40-27)16-24-14-23(39-31)15-26(33)20(4)12-18(2)8-7-9-22-17-37-29-28(34)21(5)13-25(30(35)38-24)32(22,29)36/h7-9,12-13,18-19,23-29,33-34,36H,6,10-11,14-17H2,1-5H3/b8-7+,20-12+,22-9+/t18-,19-,23-,24-,25-,26-,27+,28+,29+,31+,32+/m0/s1. The van der Waals surface area contributed by atoms with Crippen molar-refractivity contribution in [2.75, 3.05) is 6.61 Å². The Hall–Kier alpha value is -1.81. The van der Waals surface area contributed by atoms with Gasteiger partial charge in [0.1, 0.15) is 29.8 Å². The van der Waals surface area contributed by atoms with Gasteiger partial charge in [-0.15, -0.1) is 0 Å². The summed E-state index contributed by atoms with van der Waals surface area (Å²) in [5.74, 6) is -2.07. The number of aliphatic hydroxyl groups excluding tert-OH is 2. The van der Waals surface area contributed by atoms with Crippen LogP contribution in [0.3, 0.4) is 0 Å². The Morgan fingerprint density at radius 3 is 2.58 bits per heavy atom. The fourth-order valence-electron chi connectivity index (χ4n) is 7.24. The maximum Gasteiger partial charge on any atom is 0.316 e. The van der Waals surface area contributed by atoms with Crippen LogP contribution in [0.25, 0.3) is 0 Å². The van der Waals surface area contributed by atoms with Crippen LogP contribution in [0.2, 0.25) is 0 Å². The zero-order chi connectivity index (χ0) is 28.8. The molecule has 5 rings (SSSR count). The number of rotatable bonds is 1. The Kier molecular flexibility index (Phi) is 8.50. The molecule has 3 saturated heterocycles. The number of ether oxygens (including phenoxy) is 4. The smallest absolute Gasteiger partial charge is 0.316 e. The molecule has 0 aromatic carbocycles. The Morgan fingerprint density at radius 2 is 1.82 bits per heavy atom. The van der Waals surface area contributed by atoms with Gasteiger partial charge in [0.05, 0.1) is 24.9 Å². The molecule has 5 aliphatic rings. The maximum absolute atomic E-state index is 13.9. The fourth-order valence-corrected chi connectivity index (χ4v) is 7.24. The minimum Gasteiger partial charge on any atom is -0.462 e. The van der Waals surface area contributed by atoms with E-state index in [1.165, 1.54) is 0 Å². The van der Waals surface area contributed by atoms with Gasteiger partial charge in [-0.25, -0.2) is 0 Å². The molecule has 11 atom stereocenters. The Labute approximate surface area is 237 Å². The molecule has 0 saturated carbocycles. The second-order valence-corrected chi connectivity index (χ2v) is 12.7. The van der Waals surface area contributed by atoms with Gasteiger partial charge in [0, 0.05) is 25.7 Å². The number of esters is 1.